The van der Waals surface area contributed by atoms with E-state index < -0.39 is 0 Å². The summed E-state index contributed by atoms with van der Waals surface area (Å²) in [5, 5.41) is 3.43. The number of hydrogen-bond acceptors (Lipinski definition) is 2. The van der Waals surface area contributed by atoms with E-state index in [2.05, 4.69) is 21.2 Å². The topological polar surface area (TPSA) is 32.3 Å². The summed E-state index contributed by atoms with van der Waals surface area (Å²) in [6.07, 6.45) is 4.69. The highest BCUT2D eigenvalue weighted by molar-refractivity contribution is 9.10. The van der Waals surface area contributed by atoms with Gasteiger partial charge in [-0.15, -0.1) is 0 Å². The molecule has 0 aromatic heterocycles. The lowest BCUT2D eigenvalue weighted by atomic mass is 10.1. The van der Waals surface area contributed by atoms with Crippen molar-refractivity contribution in [2.75, 3.05) is 19.6 Å². The number of hydrogen-bond donors (Lipinski definition) is 1. The summed E-state index contributed by atoms with van der Waals surface area (Å²) in [4.78, 5) is 14.6. The van der Waals surface area contributed by atoms with Crippen molar-refractivity contribution < 1.29 is 9.18 Å². The maximum Gasteiger partial charge on any atom is 0.254 e. The van der Waals surface area contributed by atoms with Crippen molar-refractivity contribution in [2.24, 2.45) is 5.92 Å². The monoisotopic (exact) mass is 354 g/mol. The number of carbonyl (C=O) groups is 1. The van der Waals surface area contributed by atoms with Crippen molar-refractivity contribution >= 4 is 21.8 Å². The first-order valence-corrected chi connectivity index (χ1v) is 8.40. The Bertz CT molecular complexity index is 507. The molecule has 0 bridgehead atoms. The van der Waals surface area contributed by atoms with Crippen LogP contribution in [0.25, 0.3) is 0 Å². The molecule has 1 amide bonds. The zero-order valence-electron chi connectivity index (χ0n) is 11.9. The van der Waals surface area contributed by atoms with Crippen molar-refractivity contribution in [2.45, 2.75) is 31.7 Å². The Morgan fingerprint density at radius 2 is 2.10 bits per heavy atom. The number of nitrogens with one attached hydrogen (secondary N) is 1. The Balaban J connectivity index is 1.74. The first-order chi connectivity index (χ1) is 10.1. The van der Waals surface area contributed by atoms with Crippen LogP contribution in [0.15, 0.2) is 22.7 Å². The fraction of sp³-hybridized carbons (Fsp3) is 0.562. The second-order valence-corrected chi connectivity index (χ2v) is 7.02. The highest BCUT2D eigenvalue weighted by Gasteiger charge is 2.29. The summed E-state index contributed by atoms with van der Waals surface area (Å²) < 4.78 is 14.1. The molecule has 114 valence electrons. The molecule has 1 heterocycles. The first kappa shape index (κ1) is 15.0. The summed E-state index contributed by atoms with van der Waals surface area (Å²) in [7, 11) is 0. The highest BCUT2D eigenvalue weighted by atomic mass is 79.9. The summed E-state index contributed by atoms with van der Waals surface area (Å²) >= 11 is 3.26. The van der Waals surface area contributed by atoms with Gasteiger partial charge in [0.2, 0.25) is 0 Å². The van der Waals surface area contributed by atoms with E-state index in [0.29, 0.717) is 22.0 Å². The van der Waals surface area contributed by atoms with Crippen molar-refractivity contribution in [1.82, 2.24) is 10.2 Å². The van der Waals surface area contributed by atoms with Crippen LogP contribution in [0.5, 0.6) is 0 Å². The molecule has 1 aliphatic carbocycles. The van der Waals surface area contributed by atoms with Gasteiger partial charge in [-0.3, -0.25) is 4.79 Å². The minimum absolute atomic E-state index is 0.0594. The molecule has 1 unspecified atom stereocenters. The molecule has 1 aromatic carbocycles. The normalized spacial score (nSPS) is 21.5. The van der Waals surface area contributed by atoms with Gasteiger partial charge in [0.1, 0.15) is 5.82 Å². The summed E-state index contributed by atoms with van der Waals surface area (Å²) in [5.41, 5.74) is 0.431. The predicted octanol–water partition coefficient (Wildman–Crippen LogP) is 3.19. The fourth-order valence-corrected chi connectivity index (χ4v) is 3.36. The lowest BCUT2D eigenvalue weighted by Gasteiger charge is -2.26. The Labute approximate surface area is 133 Å². The van der Waals surface area contributed by atoms with Crippen molar-refractivity contribution in [3.63, 3.8) is 0 Å². The molecule has 2 aliphatic rings. The average Bonchev–Trinajstić information content (AvgIpc) is 3.10. The summed E-state index contributed by atoms with van der Waals surface area (Å²) in [6.45, 7) is 2.55. The molecule has 0 spiro atoms. The predicted molar refractivity (Wildman–Crippen MR) is 83.8 cm³/mol. The molecule has 3 rings (SSSR count). The average molecular weight is 355 g/mol. The highest BCUT2D eigenvalue weighted by Crippen LogP contribution is 2.30. The molecular weight excluding hydrogens is 335 g/mol. The Hall–Kier alpha value is -0.940. The molecule has 5 heteroatoms. The van der Waals surface area contributed by atoms with Crippen LogP contribution in [0.3, 0.4) is 0 Å². The molecule has 1 saturated carbocycles. The van der Waals surface area contributed by atoms with Gasteiger partial charge in [0.05, 0.1) is 0 Å². The lowest BCUT2D eigenvalue weighted by Crippen LogP contribution is -2.42. The van der Waals surface area contributed by atoms with Crippen LogP contribution in [-0.4, -0.2) is 36.5 Å². The van der Waals surface area contributed by atoms with Gasteiger partial charge >= 0.3 is 0 Å². The number of benzene rings is 1. The minimum atomic E-state index is -0.377. The summed E-state index contributed by atoms with van der Waals surface area (Å²) in [6, 6.07) is 4.79. The molecule has 1 aliphatic heterocycles. The molecule has 3 nitrogen and oxygen atoms in total. The van der Waals surface area contributed by atoms with E-state index in [4.69, 9.17) is 0 Å². The van der Waals surface area contributed by atoms with Crippen molar-refractivity contribution in [3.8, 4) is 0 Å². The quantitative estimate of drug-likeness (QED) is 0.880. The van der Waals surface area contributed by atoms with Crippen LogP contribution in [0, 0.1) is 11.7 Å². The van der Waals surface area contributed by atoms with Gasteiger partial charge in [0.25, 0.3) is 5.91 Å². The van der Waals surface area contributed by atoms with Gasteiger partial charge < -0.3 is 10.2 Å². The van der Waals surface area contributed by atoms with Crippen LogP contribution >= 0.6 is 15.9 Å². The Morgan fingerprint density at radius 3 is 2.71 bits per heavy atom. The molecule has 1 N–H and O–H groups in total. The Kier molecular flexibility index (Phi) is 4.60. The second kappa shape index (κ2) is 6.44. The lowest BCUT2D eigenvalue weighted by molar-refractivity contribution is 0.0733. The van der Waals surface area contributed by atoms with Gasteiger partial charge in [-0.25, -0.2) is 4.39 Å². The van der Waals surface area contributed by atoms with Gasteiger partial charge in [-0.05, 0) is 56.3 Å². The second-order valence-electron chi connectivity index (χ2n) is 6.10. The van der Waals surface area contributed by atoms with Gasteiger partial charge in [-0.1, -0.05) is 15.9 Å². The molecule has 21 heavy (non-hydrogen) atoms. The Morgan fingerprint density at radius 1 is 1.29 bits per heavy atom. The maximum absolute atomic E-state index is 13.5. The first-order valence-electron chi connectivity index (χ1n) is 7.60. The number of carbonyl (C=O) groups excluding carboxylic acids is 1. The molecule has 2 fully saturated rings. The van der Waals surface area contributed by atoms with Crippen LogP contribution in [0.2, 0.25) is 0 Å². The number of nitrogens with zero attached hydrogens (tertiary/aromatic N) is 1. The van der Waals surface area contributed by atoms with Crippen LogP contribution < -0.4 is 5.32 Å². The number of halogens is 2. The van der Waals surface area contributed by atoms with E-state index >= 15 is 0 Å². The zero-order valence-corrected chi connectivity index (χ0v) is 13.5. The largest absolute Gasteiger partial charge is 0.337 e. The zero-order chi connectivity index (χ0) is 14.8. The van der Waals surface area contributed by atoms with Crippen LogP contribution in [0.4, 0.5) is 4.39 Å². The van der Waals surface area contributed by atoms with E-state index in [1.165, 1.54) is 31.4 Å². The van der Waals surface area contributed by atoms with Gasteiger partial charge in [0.15, 0.2) is 0 Å². The van der Waals surface area contributed by atoms with Crippen molar-refractivity contribution in [3.05, 3.63) is 34.1 Å². The fourth-order valence-electron chi connectivity index (χ4n) is 2.89. The standard InChI is InChI=1S/C16H20BrFN2O/c17-13-6-12(7-14(18)8-13)16(21)20(9-11-3-4-11)10-15-2-1-5-19-15/h6-8,11,15,19H,1-5,9-10H2. The molecule has 1 saturated heterocycles. The van der Waals surface area contributed by atoms with Crippen molar-refractivity contribution in [1.29, 1.82) is 0 Å². The van der Waals surface area contributed by atoms with Gasteiger partial charge in [-0.2, -0.15) is 0 Å². The van der Waals surface area contributed by atoms with Gasteiger partial charge in [0, 0.05) is 29.2 Å². The molecule has 0 radical (unpaired) electrons. The smallest absolute Gasteiger partial charge is 0.254 e. The molecular formula is C16H20BrFN2O. The van der Waals surface area contributed by atoms with Crippen LogP contribution in [0.1, 0.15) is 36.0 Å². The van der Waals surface area contributed by atoms with E-state index in [0.717, 1.165) is 26.1 Å². The SMILES string of the molecule is O=C(c1cc(F)cc(Br)c1)N(CC1CC1)CC1CCCN1. The molecule has 1 aromatic rings. The van der Waals surface area contributed by atoms with E-state index in [1.807, 2.05) is 4.90 Å². The van der Waals surface area contributed by atoms with Crippen LogP contribution in [-0.2, 0) is 0 Å². The third kappa shape index (κ3) is 4.04. The van der Waals surface area contributed by atoms with E-state index in [1.54, 1.807) is 6.07 Å². The third-order valence-corrected chi connectivity index (χ3v) is 4.63. The minimum Gasteiger partial charge on any atom is -0.337 e. The third-order valence-electron chi connectivity index (χ3n) is 4.18. The number of amides is 1. The summed E-state index contributed by atoms with van der Waals surface area (Å²) in [5.74, 6) is 0.196. The number of rotatable bonds is 5. The van der Waals surface area contributed by atoms with E-state index in [9.17, 15) is 9.18 Å². The molecule has 1 atom stereocenters. The maximum atomic E-state index is 13.5. The van der Waals surface area contributed by atoms with E-state index in [-0.39, 0.29) is 11.7 Å².